The van der Waals surface area contributed by atoms with E-state index in [1.54, 1.807) is 30.0 Å². The molecule has 0 saturated carbocycles. The van der Waals surface area contributed by atoms with Crippen LogP contribution in [-0.4, -0.2) is 9.55 Å². The Bertz CT molecular complexity index is 592. The summed E-state index contributed by atoms with van der Waals surface area (Å²) >= 11 is 9.04. The lowest BCUT2D eigenvalue weighted by Gasteiger charge is -2.07. The Hall–Kier alpha value is -1.13. The molecule has 1 heterocycles. The summed E-state index contributed by atoms with van der Waals surface area (Å²) in [4.78, 5) is 16.1. The first-order valence-corrected chi connectivity index (χ1v) is 6.21. The largest absolute Gasteiger partial charge is 0.294 e. The van der Waals surface area contributed by atoms with Crippen molar-refractivity contribution < 1.29 is 0 Å². The average molecular weight is 314 g/mol. The van der Waals surface area contributed by atoms with E-state index in [2.05, 4.69) is 20.9 Å². The maximum atomic E-state index is 11.9. The van der Waals surface area contributed by atoms with Crippen LogP contribution >= 0.6 is 27.5 Å². The Kier molecular flexibility index (Phi) is 3.64. The summed E-state index contributed by atoms with van der Waals surface area (Å²) in [5, 5.41) is 0.685. The van der Waals surface area contributed by atoms with Gasteiger partial charge in [0, 0.05) is 5.02 Å². The summed E-state index contributed by atoms with van der Waals surface area (Å²) in [5.74, 6) is 0. The molecule has 0 saturated heterocycles. The van der Waals surface area contributed by atoms with E-state index >= 15 is 0 Å². The van der Waals surface area contributed by atoms with E-state index in [-0.39, 0.29) is 5.56 Å². The monoisotopic (exact) mass is 312 g/mol. The van der Waals surface area contributed by atoms with Crippen LogP contribution in [0.2, 0.25) is 5.02 Å². The highest BCUT2D eigenvalue weighted by molar-refractivity contribution is 9.10. The molecule has 17 heavy (non-hydrogen) atoms. The van der Waals surface area contributed by atoms with Gasteiger partial charge >= 0.3 is 0 Å². The van der Waals surface area contributed by atoms with Gasteiger partial charge in [0.1, 0.15) is 4.47 Å². The van der Waals surface area contributed by atoms with Gasteiger partial charge in [0.2, 0.25) is 0 Å². The molecule has 0 fully saturated rings. The fourth-order valence-corrected chi connectivity index (χ4v) is 1.90. The van der Waals surface area contributed by atoms with Gasteiger partial charge in [-0.05, 0) is 40.5 Å². The van der Waals surface area contributed by atoms with Gasteiger partial charge in [-0.15, -0.1) is 0 Å². The van der Waals surface area contributed by atoms with Crippen molar-refractivity contribution in [1.29, 1.82) is 0 Å². The second kappa shape index (κ2) is 5.02. The van der Waals surface area contributed by atoms with E-state index in [0.717, 1.165) is 5.56 Å². The summed E-state index contributed by atoms with van der Waals surface area (Å²) in [7, 11) is 0. The van der Waals surface area contributed by atoms with Gasteiger partial charge in [-0.2, -0.15) is 0 Å². The fourth-order valence-electron chi connectivity index (χ4n) is 1.45. The van der Waals surface area contributed by atoms with Gasteiger partial charge in [0.15, 0.2) is 0 Å². The van der Waals surface area contributed by atoms with Crippen LogP contribution in [0.25, 0.3) is 0 Å². The zero-order valence-electron chi connectivity index (χ0n) is 9.15. The van der Waals surface area contributed by atoms with Crippen LogP contribution in [0.3, 0.4) is 0 Å². The highest BCUT2D eigenvalue weighted by Crippen LogP contribution is 2.11. The van der Waals surface area contributed by atoms with Gasteiger partial charge in [-0.25, -0.2) is 4.98 Å². The molecule has 0 aliphatic heterocycles. The molecular formula is C12H10BrClN2O. The van der Waals surface area contributed by atoms with E-state index in [1.807, 2.05) is 12.1 Å². The first kappa shape index (κ1) is 12.3. The Balaban J connectivity index is 2.34. The SMILES string of the molecule is Cc1ncn(Cc2ccc(Cl)cc2)c(=O)c1Br. The lowest BCUT2D eigenvalue weighted by molar-refractivity contribution is 0.724. The predicted octanol–water partition coefficient (Wildman–Crippen LogP) is 3.02. The zero-order valence-corrected chi connectivity index (χ0v) is 11.5. The standard InChI is InChI=1S/C12H10BrClN2O/c1-8-11(13)12(17)16(7-15-8)6-9-2-4-10(14)5-3-9/h2-5,7H,6H2,1H3. The summed E-state index contributed by atoms with van der Waals surface area (Å²) in [6.45, 7) is 2.28. The highest BCUT2D eigenvalue weighted by atomic mass is 79.9. The Morgan fingerprint density at radius 2 is 2.00 bits per heavy atom. The zero-order chi connectivity index (χ0) is 12.4. The van der Waals surface area contributed by atoms with Crippen LogP contribution in [0.5, 0.6) is 0 Å². The topological polar surface area (TPSA) is 34.9 Å². The molecule has 0 unspecified atom stereocenters. The lowest BCUT2D eigenvalue weighted by Crippen LogP contribution is -2.22. The third kappa shape index (κ3) is 2.76. The van der Waals surface area contributed by atoms with Crippen molar-refractivity contribution in [2.24, 2.45) is 0 Å². The predicted molar refractivity (Wildman–Crippen MR) is 71.5 cm³/mol. The van der Waals surface area contributed by atoms with Crippen molar-refractivity contribution in [2.75, 3.05) is 0 Å². The molecule has 0 radical (unpaired) electrons. The molecule has 0 N–H and O–H groups in total. The van der Waals surface area contributed by atoms with Crippen LogP contribution in [0.1, 0.15) is 11.3 Å². The Morgan fingerprint density at radius 1 is 1.35 bits per heavy atom. The number of benzene rings is 1. The fraction of sp³-hybridized carbons (Fsp3) is 0.167. The number of aromatic nitrogens is 2. The van der Waals surface area contributed by atoms with Crippen molar-refractivity contribution in [3.63, 3.8) is 0 Å². The number of nitrogens with zero attached hydrogens (tertiary/aromatic N) is 2. The minimum Gasteiger partial charge on any atom is -0.294 e. The summed E-state index contributed by atoms with van der Waals surface area (Å²) < 4.78 is 2.06. The van der Waals surface area contributed by atoms with Crippen LogP contribution in [0, 0.1) is 6.92 Å². The van der Waals surface area contributed by atoms with Crippen LogP contribution in [0.4, 0.5) is 0 Å². The first-order valence-electron chi connectivity index (χ1n) is 5.04. The number of hydrogen-bond donors (Lipinski definition) is 0. The molecule has 1 aromatic carbocycles. The maximum Gasteiger partial charge on any atom is 0.268 e. The third-order valence-corrected chi connectivity index (χ3v) is 3.59. The van der Waals surface area contributed by atoms with Gasteiger partial charge in [-0.1, -0.05) is 23.7 Å². The van der Waals surface area contributed by atoms with Crippen molar-refractivity contribution in [3.05, 3.63) is 61.7 Å². The molecule has 0 aliphatic carbocycles. The van der Waals surface area contributed by atoms with E-state index in [4.69, 9.17) is 11.6 Å². The molecule has 0 aliphatic rings. The number of rotatable bonds is 2. The number of halogens is 2. The smallest absolute Gasteiger partial charge is 0.268 e. The number of hydrogen-bond acceptors (Lipinski definition) is 2. The molecule has 88 valence electrons. The van der Waals surface area contributed by atoms with Crippen molar-refractivity contribution >= 4 is 27.5 Å². The average Bonchev–Trinajstić information content (AvgIpc) is 2.33. The summed E-state index contributed by atoms with van der Waals surface area (Å²) in [5.41, 5.74) is 1.63. The highest BCUT2D eigenvalue weighted by Gasteiger charge is 2.05. The molecule has 0 amide bonds. The molecule has 0 atom stereocenters. The number of aryl methyl sites for hydroxylation is 1. The molecule has 5 heteroatoms. The van der Waals surface area contributed by atoms with E-state index in [0.29, 0.717) is 21.7 Å². The lowest BCUT2D eigenvalue weighted by atomic mass is 10.2. The normalized spacial score (nSPS) is 10.5. The molecule has 1 aromatic heterocycles. The van der Waals surface area contributed by atoms with Crippen LogP contribution in [0.15, 0.2) is 39.9 Å². The quantitative estimate of drug-likeness (QED) is 0.854. The molecule has 0 bridgehead atoms. The maximum absolute atomic E-state index is 11.9. The van der Waals surface area contributed by atoms with E-state index < -0.39 is 0 Å². The third-order valence-electron chi connectivity index (χ3n) is 2.42. The molecule has 2 rings (SSSR count). The van der Waals surface area contributed by atoms with E-state index in [9.17, 15) is 4.79 Å². The van der Waals surface area contributed by atoms with Crippen molar-refractivity contribution in [1.82, 2.24) is 9.55 Å². The minimum atomic E-state index is -0.0764. The van der Waals surface area contributed by atoms with Crippen molar-refractivity contribution in [2.45, 2.75) is 13.5 Å². The minimum absolute atomic E-state index is 0.0764. The first-order chi connectivity index (χ1) is 8.08. The van der Waals surface area contributed by atoms with Crippen LogP contribution in [-0.2, 0) is 6.54 Å². The second-order valence-corrected chi connectivity index (χ2v) is 4.93. The van der Waals surface area contributed by atoms with Gasteiger partial charge < -0.3 is 0 Å². The molecule has 0 spiro atoms. The second-order valence-electron chi connectivity index (χ2n) is 3.70. The molecule has 2 aromatic rings. The van der Waals surface area contributed by atoms with Crippen molar-refractivity contribution in [3.8, 4) is 0 Å². The van der Waals surface area contributed by atoms with Gasteiger partial charge in [-0.3, -0.25) is 9.36 Å². The van der Waals surface area contributed by atoms with Gasteiger partial charge in [0.25, 0.3) is 5.56 Å². The Morgan fingerprint density at radius 3 is 2.65 bits per heavy atom. The molecule has 3 nitrogen and oxygen atoms in total. The van der Waals surface area contributed by atoms with Gasteiger partial charge in [0.05, 0.1) is 18.6 Å². The Labute approximate surface area is 112 Å². The summed E-state index contributed by atoms with van der Waals surface area (Å²) in [6.07, 6.45) is 1.55. The van der Waals surface area contributed by atoms with E-state index in [1.165, 1.54) is 0 Å². The van der Waals surface area contributed by atoms with Crippen LogP contribution < -0.4 is 5.56 Å². The summed E-state index contributed by atoms with van der Waals surface area (Å²) in [6, 6.07) is 7.39. The molecular weight excluding hydrogens is 304 g/mol.